The zero-order valence-corrected chi connectivity index (χ0v) is 15.2. The quantitative estimate of drug-likeness (QED) is 0.762. The molecular formula is C20H20FN3O3. The predicted molar refractivity (Wildman–Crippen MR) is 98.6 cm³/mol. The third-order valence-corrected chi connectivity index (χ3v) is 4.93. The highest BCUT2D eigenvalue weighted by Crippen LogP contribution is 2.37. The summed E-state index contributed by atoms with van der Waals surface area (Å²) in [5.74, 6) is 1.11. The Kier molecular flexibility index (Phi) is 4.43. The molecule has 1 unspecified atom stereocenters. The molecule has 1 atom stereocenters. The summed E-state index contributed by atoms with van der Waals surface area (Å²) in [6, 6.07) is 9.48. The first-order valence-electron chi connectivity index (χ1n) is 8.79. The first-order chi connectivity index (χ1) is 13.1. The minimum atomic E-state index is -0.323. The zero-order valence-electron chi connectivity index (χ0n) is 15.2. The Balaban J connectivity index is 1.72. The van der Waals surface area contributed by atoms with Crippen LogP contribution in [0.15, 0.2) is 36.4 Å². The van der Waals surface area contributed by atoms with E-state index in [4.69, 9.17) is 9.47 Å². The van der Waals surface area contributed by atoms with E-state index in [1.807, 2.05) is 0 Å². The van der Waals surface area contributed by atoms with Crippen LogP contribution in [0.4, 0.5) is 4.39 Å². The molecule has 1 amide bonds. The Morgan fingerprint density at radius 3 is 2.67 bits per heavy atom. The van der Waals surface area contributed by atoms with Gasteiger partial charge in [0.25, 0.3) is 5.91 Å². The number of amides is 1. The van der Waals surface area contributed by atoms with Gasteiger partial charge in [0.2, 0.25) is 0 Å². The fourth-order valence-corrected chi connectivity index (χ4v) is 3.66. The Morgan fingerprint density at radius 2 is 1.96 bits per heavy atom. The molecule has 1 N–H and O–H groups in total. The molecule has 7 heteroatoms. The van der Waals surface area contributed by atoms with Crippen molar-refractivity contribution in [3.8, 4) is 11.5 Å². The van der Waals surface area contributed by atoms with Crippen LogP contribution >= 0.6 is 0 Å². The largest absolute Gasteiger partial charge is 0.496 e. The summed E-state index contributed by atoms with van der Waals surface area (Å²) < 4.78 is 24.2. The number of benzene rings is 2. The van der Waals surface area contributed by atoms with Crippen LogP contribution in [-0.4, -0.2) is 41.5 Å². The number of methoxy groups -OCH3 is 2. The Labute approximate surface area is 155 Å². The molecule has 1 saturated heterocycles. The molecule has 2 aromatic carbocycles. The van der Waals surface area contributed by atoms with Crippen molar-refractivity contribution in [3.63, 3.8) is 0 Å². The van der Waals surface area contributed by atoms with Crippen LogP contribution in [0.2, 0.25) is 0 Å². The molecule has 0 radical (unpaired) electrons. The number of fused-ring (bicyclic) bond motifs is 1. The number of hydrogen-bond acceptors (Lipinski definition) is 4. The van der Waals surface area contributed by atoms with Gasteiger partial charge in [-0.2, -0.15) is 0 Å². The fraction of sp³-hybridized carbons (Fsp3) is 0.300. The summed E-state index contributed by atoms with van der Waals surface area (Å²) in [6.45, 7) is 0.607. The van der Waals surface area contributed by atoms with E-state index >= 15 is 0 Å². The number of carbonyl (C=O) groups excluding carboxylic acids is 1. The van der Waals surface area contributed by atoms with E-state index in [9.17, 15) is 9.18 Å². The molecule has 0 spiro atoms. The van der Waals surface area contributed by atoms with Gasteiger partial charge in [0.15, 0.2) is 0 Å². The van der Waals surface area contributed by atoms with Gasteiger partial charge in [0, 0.05) is 6.54 Å². The van der Waals surface area contributed by atoms with Gasteiger partial charge in [-0.1, -0.05) is 6.07 Å². The molecular weight excluding hydrogens is 349 g/mol. The van der Waals surface area contributed by atoms with E-state index in [1.165, 1.54) is 26.4 Å². The molecule has 3 aromatic rings. The van der Waals surface area contributed by atoms with Gasteiger partial charge in [-0.05, 0) is 43.2 Å². The minimum Gasteiger partial charge on any atom is -0.496 e. The first kappa shape index (κ1) is 17.3. The first-order valence-corrected chi connectivity index (χ1v) is 8.79. The number of H-pyrrole nitrogens is 1. The van der Waals surface area contributed by atoms with E-state index in [-0.39, 0.29) is 17.8 Å². The Bertz CT molecular complexity index is 979. The van der Waals surface area contributed by atoms with Gasteiger partial charge in [-0.25, -0.2) is 9.37 Å². The number of hydrogen-bond donors (Lipinski definition) is 1. The van der Waals surface area contributed by atoms with Gasteiger partial charge in [0.1, 0.15) is 28.7 Å². The summed E-state index contributed by atoms with van der Waals surface area (Å²) in [6.07, 6.45) is 1.64. The van der Waals surface area contributed by atoms with Crippen molar-refractivity contribution in [2.75, 3.05) is 20.8 Å². The minimum absolute atomic E-state index is 0.168. The van der Waals surface area contributed by atoms with E-state index in [0.717, 1.165) is 12.8 Å². The fourth-order valence-electron chi connectivity index (χ4n) is 3.66. The van der Waals surface area contributed by atoms with Gasteiger partial charge < -0.3 is 19.4 Å². The molecule has 1 aliphatic rings. The molecule has 0 saturated carbocycles. The average Bonchev–Trinajstić information content (AvgIpc) is 3.32. The molecule has 27 heavy (non-hydrogen) atoms. The third kappa shape index (κ3) is 2.99. The smallest absolute Gasteiger partial charge is 0.262 e. The van der Waals surface area contributed by atoms with Gasteiger partial charge in [-0.3, -0.25) is 4.79 Å². The summed E-state index contributed by atoms with van der Waals surface area (Å²) >= 11 is 0. The van der Waals surface area contributed by atoms with E-state index in [0.29, 0.717) is 40.5 Å². The van der Waals surface area contributed by atoms with Crippen molar-refractivity contribution in [2.45, 2.75) is 18.9 Å². The zero-order chi connectivity index (χ0) is 19.0. The highest BCUT2D eigenvalue weighted by atomic mass is 19.1. The van der Waals surface area contributed by atoms with E-state index in [1.54, 1.807) is 29.2 Å². The highest BCUT2D eigenvalue weighted by molar-refractivity contribution is 6.00. The van der Waals surface area contributed by atoms with Gasteiger partial charge >= 0.3 is 0 Å². The summed E-state index contributed by atoms with van der Waals surface area (Å²) in [7, 11) is 3.06. The van der Waals surface area contributed by atoms with Crippen molar-refractivity contribution < 1.29 is 18.7 Å². The lowest BCUT2D eigenvalue weighted by atomic mass is 10.1. The number of halogens is 1. The predicted octanol–water partition coefficient (Wildman–Crippen LogP) is 3.70. The topological polar surface area (TPSA) is 67.5 Å². The Morgan fingerprint density at radius 1 is 1.22 bits per heavy atom. The van der Waals surface area contributed by atoms with Crippen molar-refractivity contribution in [3.05, 3.63) is 53.6 Å². The van der Waals surface area contributed by atoms with Crippen molar-refractivity contribution in [2.24, 2.45) is 0 Å². The number of aromatic nitrogens is 2. The van der Waals surface area contributed by atoms with Crippen LogP contribution in [0.1, 0.15) is 35.1 Å². The molecule has 1 fully saturated rings. The number of likely N-dealkylation sites (tertiary alicyclic amines) is 1. The molecule has 1 aliphatic heterocycles. The number of nitrogens with one attached hydrogen (secondary N) is 1. The monoisotopic (exact) mass is 369 g/mol. The van der Waals surface area contributed by atoms with Crippen molar-refractivity contribution in [1.29, 1.82) is 0 Å². The van der Waals surface area contributed by atoms with E-state index < -0.39 is 0 Å². The maximum absolute atomic E-state index is 13.5. The lowest BCUT2D eigenvalue weighted by molar-refractivity contribution is 0.0723. The van der Waals surface area contributed by atoms with Crippen LogP contribution in [-0.2, 0) is 0 Å². The van der Waals surface area contributed by atoms with Crippen LogP contribution in [0.25, 0.3) is 11.0 Å². The molecule has 4 rings (SSSR count). The lowest BCUT2D eigenvalue weighted by Gasteiger charge is -2.25. The second-order valence-corrected chi connectivity index (χ2v) is 6.48. The number of rotatable bonds is 4. The van der Waals surface area contributed by atoms with Crippen molar-refractivity contribution >= 4 is 16.9 Å². The standard InChI is InChI=1S/C20H20FN3O3/c1-26-16-6-3-7-17(27-2)18(16)20(25)24-10-4-5-15(24)19-22-13-9-8-12(21)11-14(13)23-19/h3,6-9,11,15H,4-5,10H2,1-2H3,(H,22,23). The summed E-state index contributed by atoms with van der Waals surface area (Å²) in [5.41, 5.74) is 1.70. The van der Waals surface area contributed by atoms with Crippen LogP contribution in [0.3, 0.4) is 0 Å². The SMILES string of the molecule is COc1cccc(OC)c1C(=O)N1CCCC1c1nc2ccc(F)cc2[nH]1. The van der Waals surface area contributed by atoms with E-state index in [2.05, 4.69) is 9.97 Å². The Hall–Kier alpha value is -3.09. The highest BCUT2D eigenvalue weighted by Gasteiger charge is 2.35. The summed E-state index contributed by atoms with van der Waals surface area (Å²) in [5, 5.41) is 0. The number of ether oxygens (including phenoxy) is 2. The molecule has 0 aliphatic carbocycles. The average molecular weight is 369 g/mol. The molecule has 2 heterocycles. The molecule has 1 aromatic heterocycles. The second-order valence-electron chi connectivity index (χ2n) is 6.48. The maximum atomic E-state index is 13.5. The molecule has 0 bridgehead atoms. The summed E-state index contributed by atoms with van der Waals surface area (Å²) in [4.78, 5) is 22.8. The normalized spacial score (nSPS) is 16.7. The third-order valence-electron chi connectivity index (χ3n) is 4.93. The van der Waals surface area contributed by atoms with Crippen LogP contribution in [0, 0.1) is 5.82 Å². The number of nitrogens with zero attached hydrogens (tertiary/aromatic N) is 2. The second kappa shape index (κ2) is 6.90. The number of imidazole rings is 1. The van der Waals surface area contributed by atoms with Crippen LogP contribution < -0.4 is 9.47 Å². The maximum Gasteiger partial charge on any atom is 0.262 e. The van der Waals surface area contributed by atoms with Gasteiger partial charge in [0.05, 0.1) is 31.3 Å². The van der Waals surface area contributed by atoms with Gasteiger partial charge in [-0.15, -0.1) is 0 Å². The van der Waals surface area contributed by atoms with Crippen LogP contribution in [0.5, 0.6) is 11.5 Å². The molecule has 140 valence electrons. The lowest BCUT2D eigenvalue weighted by Crippen LogP contribution is -2.31. The number of aromatic amines is 1. The van der Waals surface area contributed by atoms with Crippen molar-refractivity contribution in [1.82, 2.24) is 14.9 Å². The number of carbonyl (C=O) groups is 1. The molecule has 6 nitrogen and oxygen atoms in total.